The fourth-order valence-corrected chi connectivity index (χ4v) is 1.62. The molecule has 1 rings (SSSR count). The average Bonchev–Trinajstić information content (AvgIpc) is 2.42. The molecule has 1 atom stereocenters. The molecule has 112 valence electrons. The second-order valence-corrected chi connectivity index (χ2v) is 4.75. The standard InChI is InChI=1S/C14H12ClF3N2O/c1-9(7-19)8-20-13(21)5-3-10-2-4-12(15)11(6-10)14(16,17)18/h2-6,9H,8H2,1H3,(H,20,21). The molecule has 7 heteroatoms. The maximum atomic E-state index is 12.7. The van der Waals surface area contributed by atoms with E-state index in [1.54, 1.807) is 6.92 Å². The number of benzene rings is 1. The van der Waals surface area contributed by atoms with Crippen molar-refractivity contribution >= 4 is 23.6 Å². The van der Waals surface area contributed by atoms with Crippen LogP contribution in [-0.2, 0) is 11.0 Å². The van der Waals surface area contributed by atoms with Gasteiger partial charge in [0, 0.05) is 12.6 Å². The monoisotopic (exact) mass is 316 g/mol. The first-order valence-corrected chi connectivity index (χ1v) is 6.34. The van der Waals surface area contributed by atoms with E-state index in [1.165, 1.54) is 12.1 Å². The molecule has 0 aliphatic heterocycles. The van der Waals surface area contributed by atoms with E-state index in [-0.39, 0.29) is 18.0 Å². The van der Waals surface area contributed by atoms with Crippen LogP contribution in [0.25, 0.3) is 6.08 Å². The van der Waals surface area contributed by atoms with Crippen LogP contribution in [0, 0.1) is 17.2 Å². The highest BCUT2D eigenvalue weighted by Gasteiger charge is 2.33. The first-order chi connectivity index (χ1) is 9.74. The third-order valence-electron chi connectivity index (χ3n) is 2.53. The summed E-state index contributed by atoms with van der Waals surface area (Å²) >= 11 is 5.49. The van der Waals surface area contributed by atoms with Crippen molar-refractivity contribution in [2.24, 2.45) is 5.92 Å². The van der Waals surface area contributed by atoms with Crippen LogP contribution in [0.3, 0.4) is 0 Å². The van der Waals surface area contributed by atoms with Crippen molar-refractivity contribution in [1.29, 1.82) is 5.26 Å². The predicted molar refractivity (Wildman–Crippen MR) is 73.3 cm³/mol. The molecule has 1 aromatic carbocycles. The number of alkyl halides is 3. The van der Waals surface area contributed by atoms with Gasteiger partial charge in [-0.1, -0.05) is 17.7 Å². The van der Waals surface area contributed by atoms with Gasteiger partial charge in [-0.25, -0.2) is 0 Å². The largest absolute Gasteiger partial charge is 0.417 e. The highest BCUT2D eigenvalue weighted by Crippen LogP contribution is 2.35. The van der Waals surface area contributed by atoms with E-state index in [2.05, 4.69) is 5.32 Å². The molecular weight excluding hydrogens is 305 g/mol. The fraction of sp³-hybridized carbons (Fsp3) is 0.286. The zero-order valence-corrected chi connectivity index (χ0v) is 11.8. The summed E-state index contributed by atoms with van der Waals surface area (Å²) in [5.41, 5.74) is -0.750. The molecule has 0 aliphatic rings. The van der Waals surface area contributed by atoms with Crippen molar-refractivity contribution in [1.82, 2.24) is 5.32 Å². The van der Waals surface area contributed by atoms with Gasteiger partial charge in [0.25, 0.3) is 0 Å². The molecule has 0 saturated heterocycles. The Balaban J connectivity index is 2.78. The Labute approximate surface area is 125 Å². The molecule has 0 aliphatic carbocycles. The van der Waals surface area contributed by atoms with Gasteiger partial charge in [-0.05, 0) is 30.7 Å². The van der Waals surface area contributed by atoms with E-state index in [9.17, 15) is 18.0 Å². The first kappa shape index (κ1) is 17.1. The summed E-state index contributed by atoms with van der Waals surface area (Å²) in [6.07, 6.45) is -2.20. The number of rotatable bonds is 4. The molecule has 3 nitrogen and oxygen atoms in total. The van der Waals surface area contributed by atoms with E-state index >= 15 is 0 Å². The number of hydrogen-bond acceptors (Lipinski definition) is 2. The number of carbonyl (C=O) groups excluding carboxylic acids is 1. The lowest BCUT2D eigenvalue weighted by Crippen LogP contribution is -2.25. The minimum absolute atomic E-state index is 0.175. The summed E-state index contributed by atoms with van der Waals surface area (Å²) in [5.74, 6) is -0.824. The van der Waals surface area contributed by atoms with Gasteiger partial charge >= 0.3 is 6.18 Å². The Morgan fingerprint density at radius 3 is 2.76 bits per heavy atom. The van der Waals surface area contributed by atoms with Crippen molar-refractivity contribution in [2.45, 2.75) is 13.1 Å². The molecule has 0 radical (unpaired) electrons. The number of hydrogen-bond donors (Lipinski definition) is 1. The Bertz CT molecular complexity index is 591. The van der Waals surface area contributed by atoms with Crippen molar-refractivity contribution < 1.29 is 18.0 Å². The van der Waals surface area contributed by atoms with E-state index < -0.39 is 22.7 Å². The van der Waals surface area contributed by atoms with Crippen LogP contribution in [0.15, 0.2) is 24.3 Å². The zero-order valence-electron chi connectivity index (χ0n) is 11.0. The average molecular weight is 317 g/mol. The van der Waals surface area contributed by atoms with Gasteiger partial charge in [0.2, 0.25) is 5.91 Å². The van der Waals surface area contributed by atoms with Gasteiger partial charge in [-0.2, -0.15) is 18.4 Å². The fourth-order valence-electron chi connectivity index (χ4n) is 1.39. The number of halogens is 4. The van der Waals surface area contributed by atoms with Gasteiger partial charge in [-0.15, -0.1) is 0 Å². The second kappa shape index (κ2) is 7.14. The van der Waals surface area contributed by atoms with Gasteiger partial charge in [0.1, 0.15) is 0 Å². The number of nitrogens with zero attached hydrogens (tertiary/aromatic N) is 1. The minimum Gasteiger partial charge on any atom is -0.351 e. The van der Waals surface area contributed by atoms with Crippen molar-refractivity contribution in [3.8, 4) is 6.07 Å². The second-order valence-electron chi connectivity index (χ2n) is 4.35. The van der Waals surface area contributed by atoms with Gasteiger partial charge < -0.3 is 5.32 Å². The number of amides is 1. The maximum absolute atomic E-state index is 12.7. The number of nitrogens with one attached hydrogen (secondary N) is 1. The zero-order chi connectivity index (χ0) is 16.0. The number of nitriles is 1. The molecule has 21 heavy (non-hydrogen) atoms. The summed E-state index contributed by atoms with van der Waals surface area (Å²) in [4.78, 5) is 11.4. The minimum atomic E-state index is -4.55. The normalized spacial score (nSPS) is 13.0. The Kier molecular flexibility index (Phi) is 5.79. The van der Waals surface area contributed by atoms with Crippen LogP contribution < -0.4 is 5.32 Å². The van der Waals surface area contributed by atoms with E-state index in [0.717, 1.165) is 18.2 Å². The maximum Gasteiger partial charge on any atom is 0.417 e. The van der Waals surface area contributed by atoms with E-state index in [1.807, 2.05) is 6.07 Å². The van der Waals surface area contributed by atoms with Gasteiger partial charge in [0.05, 0.1) is 22.6 Å². The molecular formula is C14H12ClF3N2O. The van der Waals surface area contributed by atoms with Crippen LogP contribution >= 0.6 is 11.6 Å². The third kappa shape index (κ3) is 5.48. The van der Waals surface area contributed by atoms with Crippen LogP contribution in [-0.4, -0.2) is 12.5 Å². The van der Waals surface area contributed by atoms with Crippen LogP contribution in [0.4, 0.5) is 13.2 Å². The molecule has 1 aromatic rings. The summed E-state index contributed by atoms with van der Waals surface area (Å²) in [5, 5.41) is 10.6. The molecule has 1 N–H and O–H groups in total. The Morgan fingerprint density at radius 1 is 1.52 bits per heavy atom. The van der Waals surface area contributed by atoms with E-state index in [0.29, 0.717) is 0 Å². The molecule has 0 saturated carbocycles. The van der Waals surface area contributed by atoms with Crippen LogP contribution in [0.2, 0.25) is 5.02 Å². The lowest BCUT2D eigenvalue weighted by atomic mass is 10.1. The van der Waals surface area contributed by atoms with Crippen LogP contribution in [0.1, 0.15) is 18.1 Å². The SMILES string of the molecule is CC(C#N)CNC(=O)C=Cc1ccc(Cl)c(C(F)(F)F)c1. The highest BCUT2D eigenvalue weighted by molar-refractivity contribution is 6.31. The summed E-state index contributed by atoms with van der Waals surface area (Å²) in [6, 6.07) is 5.31. The molecule has 1 unspecified atom stereocenters. The molecule has 0 bridgehead atoms. The van der Waals surface area contributed by atoms with Gasteiger partial charge in [0.15, 0.2) is 0 Å². The molecule has 0 spiro atoms. The molecule has 0 heterocycles. The number of carbonyl (C=O) groups is 1. The summed E-state index contributed by atoms with van der Waals surface area (Å²) in [7, 11) is 0. The van der Waals surface area contributed by atoms with Crippen molar-refractivity contribution in [3.63, 3.8) is 0 Å². The quantitative estimate of drug-likeness (QED) is 0.862. The Hall–Kier alpha value is -2.00. The van der Waals surface area contributed by atoms with E-state index in [4.69, 9.17) is 16.9 Å². The lowest BCUT2D eigenvalue weighted by molar-refractivity contribution is -0.137. The summed E-state index contributed by atoms with van der Waals surface area (Å²) < 4.78 is 38.0. The summed E-state index contributed by atoms with van der Waals surface area (Å²) in [6.45, 7) is 1.81. The predicted octanol–water partition coefficient (Wildman–Crippen LogP) is 3.65. The molecule has 0 fully saturated rings. The Morgan fingerprint density at radius 2 is 2.19 bits per heavy atom. The molecule has 0 aromatic heterocycles. The first-order valence-electron chi connectivity index (χ1n) is 5.96. The van der Waals surface area contributed by atoms with Gasteiger partial charge in [-0.3, -0.25) is 4.79 Å². The smallest absolute Gasteiger partial charge is 0.351 e. The van der Waals surface area contributed by atoms with Crippen LogP contribution in [0.5, 0.6) is 0 Å². The highest BCUT2D eigenvalue weighted by atomic mass is 35.5. The topological polar surface area (TPSA) is 52.9 Å². The third-order valence-corrected chi connectivity index (χ3v) is 2.86. The van der Waals surface area contributed by atoms with Crippen molar-refractivity contribution in [3.05, 3.63) is 40.4 Å². The molecule has 1 amide bonds. The van der Waals surface area contributed by atoms with Crippen molar-refractivity contribution in [2.75, 3.05) is 6.54 Å². The lowest BCUT2D eigenvalue weighted by Gasteiger charge is -2.09.